The fourth-order valence-corrected chi connectivity index (χ4v) is 2.96. The second-order valence-corrected chi connectivity index (χ2v) is 5.51. The molecule has 0 radical (unpaired) electrons. The van der Waals surface area contributed by atoms with Crippen LogP contribution in [-0.2, 0) is 4.79 Å². The van der Waals surface area contributed by atoms with Gasteiger partial charge in [-0.05, 0) is 18.8 Å². The van der Waals surface area contributed by atoms with Gasteiger partial charge < -0.3 is 5.73 Å². The van der Waals surface area contributed by atoms with Crippen molar-refractivity contribution in [3.05, 3.63) is 0 Å². The molecular formula is C13H24N2O. The van der Waals surface area contributed by atoms with Crippen LogP contribution in [0.15, 0.2) is 0 Å². The summed E-state index contributed by atoms with van der Waals surface area (Å²) >= 11 is 0. The number of likely N-dealkylation sites (tertiary alicyclic amines) is 1. The van der Waals surface area contributed by atoms with Gasteiger partial charge in [0, 0.05) is 25.6 Å². The molecule has 3 heteroatoms. The first kappa shape index (κ1) is 12.1. The monoisotopic (exact) mass is 224 g/mol. The van der Waals surface area contributed by atoms with Gasteiger partial charge in [0.2, 0.25) is 0 Å². The molecule has 0 aromatic rings. The molecule has 16 heavy (non-hydrogen) atoms. The van der Waals surface area contributed by atoms with Crippen molar-refractivity contribution in [3.8, 4) is 0 Å². The number of carbonyl (C=O) groups excluding carboxylic acids is 1. The minimum Gasteiger partial charge on any atom is -0.328 e. The number of piperidine rings is 1. The van der Waals surface area contributed by atoms with Crippen LogP contribution in [0.2, 0.25) is 0 Å². The van der Waals surface area contributed by atoms with Crippen LogP contribution < -0.4 is 5.73 Å². The number of nitrogens with zero attached hydrogens (tertiary/aromatic N) is 1. The lowest BCUT2D eigenvalue weighted by molar-refractivity contribution is -0.121. The van der Waals surface area contributed by atoms with Gasteiger partial charge in [0.15, 0.2) is 0 Å². The first-order valence-corrected chi connectivity index (χ1v) is 6.73. The topological polar surface area (TPSA) is 46.3 Å². The third-order valence-electron chi connectivity index (χ3n) is 4.02. The highest BCUT2D eigenvalue weighted by Crippen LogP contribution is 2.27. The number of hydrogen-bond acceptors (Lipinski definition) is 3. The van der Waals surface area contributed by atoms with Gasteiger partial charge in [0.1, 0.15) is 5.78 Å². The summed E-state index contributed by atoms with van der Waals surface area (Å²) in [7, 11) is 0. The van der Waals surface area contributed by atoms with Crippen molar-refractivity contribution in [2.45, 2.75) is 51.0 Å². The van der Waals surface area contributed by atoms with Crippen molar-refractivity contribution in [2.75, 3.05) is 19.6 Å². The first-order valence-electron chi connectivity index (χ1n) is 6.73. The Morgan fingerprint density at radius 3 is 2.38 bits per heavy atom. The molecule has 3 nitrogen and oxygen atoms in total. The molecule has 2 N–H and O–H groups in total. The van der Waals surface area contributed by atoms with Crippen LogP contribution in [0.1, 0.15) is 44.9 Å². The number of carbonyl (C=O) groups is 1. The molecule has 0 bridgehead atoms. The SMILES string of the molecule is NC1CCN(CC(=O)CC2CCCC2)CC1. The van der Waals surface area contributed by atoms with Crippen LogP contribution in [0, 0.1) is 5.92 Å². The molecule has 1 heterocycles. The van der Waals surface area contributed by atoms with Gasteiger partial charge in [-0.15, -0.1) is 0 Å². The van der Waals surface area contributed by atoms with E-state index in [0.29, 0.717) is 24.3 Å². The lowest BCUT2D eigenvalue weighted by Gasteiger charge is -2.29. The highest BCUT2D eigenvalue weighted by atomic mass is 16.1. The number of hydrogen-bond donors (Lipinski definition) is 1. The van der Waals surface area contributed by atoms with E-state index in [-0.39, 0.29) is 0 Å². The Hall–Kier alpha value is -0.410. The summed E-state index contributed by atoms with van der Waals surface area (Å²) in [6, 6.07) is 0.362. The van der Waals surface area contributed by atoms with Gasteiger partial charge in [0.25, 0.3) is 0 Å². The summed E-state index contributed by atoms with van der Waals surface area (Å²) in [5.41, 5.74) is 5.85. The van der Waals surface area contributed by atoms with Crippen molar-refractivity contribution >= 4 is 5.78 Å². The molecular weight excluding hydrogens is 200 g/mol. The largest absolute Gasteiger partial charge is 0.328 e. The third kappa shape index (κ3) is 3.56. The molecule has 0 atom stereocenters. The van der Waals surface area contributed by atoms with E-state index in [0.717, 1.165) is 32.4 Å². The zero-order chi connectivity index (χ0) is 11.4. The molecule has 92 valence electrons. The lowest BCUT2D eigenvalue weighted by Crippen LogP contribution is -2.42. The van der Waals surface area contributed by atoms with E-state index >= 15 is 0 Å². The fourth-order valence-electron chi connectivity index (χ4n) is 2.96. The van der Waals surface area contributed by atoms with Gasteiger partial charge >= 0.3 is 0 Å². The average Bonchev–Trinajstić information content (AvgIpc) is 2.74. The second-order valence-electron chi connectivity index (χ2n) is 5.51. The molecule has 1 aliphatic heterocycles. The molecule has 2 fully saturated rings. The molecule has 1 saturated carbocycles. The van der Waals surface area contributed by atoms with Gasteiger partial charge in [-0.1, -0.05) is 25.7 Å². The van der Waals surface area contributed by atoms with E-state index < -0.39 is 0 Å². The number of Topliss-reactive ketones (excluding diaryl/α,β-unsaturated/α-hetero) is 1. The predicted molar refractivity (Wildman–Crippen MR) is 65.2 cm³/mol. The molecule has 1 aliphatic carbocycles. The van der Waals surface area contributed by atoms with Crippen LogP contribution in [0.3, 0.4) is 0 Å². The Bertz CT molecular complexity index is 228. The van der Waals surface area contributed by atoms with E-state index in [4.69, 9.17) is 5.73 Å². The Balaban J connectivity index is 1.66. The Kier molecular flexibility index (Phi) is 4.36. The van der Waals surface area contributed by atoms with Crippen molar-refractivity contribution in [1.29, 1.82) is 0 Å². The Morgan fingerprint density at radius 1 is 1.12 bits per heavy atom. The molecule has 0 spiro atoms. The summed E-state index contributed by atoms with van der Waals surface area (Å²) in [6.45, 7) is 2.69. The summed E-state index contributed by atoms with van der Waals surface area (Å²) in [6.07, 6.45) is 8.14. The van der Waals surface area contributed by atoms with E-state index in [1.54, 1.807) is 0 Å². The number of ketones is 1. The van der Waals surface area contributed by atoms with Gasteiger partial charge in [-0.2, -0.15) is 0 Å². The number of nitrogens with two attached hydrogens (primary N) is 1. The van der Waals surface area contributed by atoms with Gasteiger partial charge in [-0.25, -0.2) is 0 Å². The van der Waals surface area contributed by atoms with Crippen LogP contribution in [-0.4, -0.2) is 36.4 Å². The van der Waals surface area contributed by atoms with Gasteiger partial charge in [-0.3, -0.25) is 9.69 Å². The minimum absolute atomic E-state index is 0.362. The maximum atomic E-state index is 11.9. The maximum absolute atomic E-state index is 11.9. The number of rotatable bonds is 4. The van der Waals surface area contributed by atoms with Crippen LogP contribution in [0.4, 0.5) is 0 Å². The molecule has 2 aliphatic rings. The van der Waals surface area contributed by atoms with Crippen molar-refractivity contribution in [3.63, 3.8) is 0 Å². The van der Waals surface area contributed by atoms with E-state index in [9.17, 15) is 4.79 Å². The second kappa shape index (κ2) is 5.78. The van der Waals surface area contributed by atoms with Gasteiger partial charge in [0.05, 0.1) is 6.54 Å². The lowest BCUT2D eigenvalue weighted by atomic mass is 10.00. The van der Waals surface area contributed by atoms with Crippen molar-refractivity contribution in [1.82, 2.24) is 4.90 Å². The summed E-state index contributed by atoms with van der Waals surface area (Å²) in [5.74, 6) is 1.14. The smallest absolute Gasteiger partial charge is 0.147 e. The average molecular weight is 224 g/mol. The summed E-state index contributed by atoms with van der Waals surface area (Å²) in [4.78, 5) is 14.2. The molecule has 1 saturated heterocycles. The predicted octanol–water partition coefficient (Wildman–Crippen LogP) is 1.56. The zero-order valence-corrected chi connectivity index (χ0v) is 10.2. The van der Waals surface area contributed by atoms with Crippen LogP contribution in [0.5, 0.6) is 0 Å². The third-order valence-corrected chi connectivity index (χ3v) is 4.02. The zero-order valence-electron chi connectivity index (χ0n) is 10.2. The molecule has 0 amide bonds. The quantitative estimate of drug-likeness (QED) is 0.788. The van der Waals surface area contributed by atoms with Crippen molar-refractivity contribution in [2.24, 2.45) is 11.7 Å². The van der Waals surface area contributed by atoms with E-state index in [1.165, 1.54) is 25.7 Å². The summed E-state index contributed by atoms with van der Waals surface area (Å²) in [5, 5.41) is 0. The Labute approximate surface area is 98.4 Å². The minimum atomic E-state index is 0.362. The molecule has 0 unspecified atom stereocenters. The molecule has 0 aromatic carbocycles. The van der Waals surface area contributed by atoms with Crippen molar-refractivity contribution < 1.29 is 4.79 Å². The highest BCUT2D eigenvalue weighted by Gasteiger charge is 2.21. The van der Waals surface area contributed by atoms with E-state index in [2.05, 4.69) is 4.90 Å². The fraction of sp³-hybridized carbons (Fsp3) is 0.923. The molecule has 2 rings (SSSR count). The van der Waals surface area contributed by atoms with E-state index in [1.807, 2.05) is 0 Å². The standard InChI is InChI=1S/C13H24N2O/c14-12-5-7-15(8-6-12)10-13(16)9-11-3-1-2-4-11/h11-12H,1-10,14H2. The normalized spacial score (nSPS) is 25.1. The van der Waals surface area contributed by atoms with Crippen LogP contribution >= 0.6 is 0 Å². The summed E-state index contributed by atoms with van der Waals surface area (Å²) < 4.78 is 0. The van der Waals surface area contributed by atoms with Crippen LogP contribution in [0.25, 0.3) is 0 Å². The maximum Gasteiger partial charge on any atom is 0.147 e. The molecule has 0 aromatic heterocycles. The Morgan fingerprint density at radius 2 is 1.75 bits per heavy atom. The first-order chi connectivity index (χ1) is 7.74. The highest BCUT2D eigenvalue weighted by molar-refractivity contribution is 5.80.